The van der Waals surface area contributed by atoms with Gasteiger partial charge in [0.15, 0.2) is 0 Å². The molecule has 15 heavy (non-hydrogen) atoms. The Kier molecular flexibility index (Phi) is 7.60. The van der Waals surface area contributed by atoms with Crippen LogP contribution in [0.5, 0.6) is 0 Å². The highest BCUT2D eigenvalue weighted by Gasteiger charge is 2.03. The van der Waals surface area contributed by atoms with Gasteiger partial charge in [-0.1, -0.05) is 13.3 Å². The molecule has 0 unspecified atom stereocenters. The Labute approximate surface area is 93.4 Å². The maximum atomic E-state index is 4.53. The molecule has 0 spiro atoms. The van der Waals surface area contributed by atoms with Gasteiger partial charge in [0.25, 0.3) is 0 Å². The molecule has 3 heteroatoms. The topological polar surface area (TPSA) is 36.8 Å². The Morgan fingerprint density at radius 1 is 1.27 bits per heavy atom. The highest BCUT2D eigenvalue weighted by atomic mass is 15.0. The summed E-state index contributed by atoms with van der Waals surface area (Å²) in [6.45, 7) is 13.5. The zero-order valence-electron chi connectivity index (χ0n) is 10.4. The fourth-order valence-electron chi connectivity index (χ4n) is 1.11. The molecule has 0 saturated heterocycles. The maximum absolute atomic E-state index is 4.53. The number of hydrogen-bond donors (Lipinski definition) is 1. The number of nitrogens with zero attached hydrogens (tertiary/aromatic N) is 2. The van der Waals surface area contributed by atoms with Crippen LogP contribution in [-0.2, 0) is 0 Å². The van der Waals surface area contributed by atoms with E-state index in [4.69, 9.17) is 0 Å². The summed E-state index contributed by atoms with van der Waals surface area (Å²) in [5.74, 6) is 0.954. The molecule has 0 radical (unpaired) electrons. The molecule has 1 N–H and O–H groups in total. The van der Waals surface area contributed by atoms with Gasteiger partial charge in [-0.3, -0.25) is 9.98 Å². The van der Waals surface area contributed by atoms with Gasteiger partial charge in [-0.05, 0) is 33.9 Å². The van der Waals surface area contributed by atoms with E-state index in [0.717, 1.165) is 36.6 Å². The Morgan fingerprint density at radius 2 is 1.93 bits per heavy atom. The third-order valence-corrected chi connectivity index (χ3v) is 2.26. The van der Waals surface area contributed by atoms with Crippen molar-refractivity contribution in [3.63, 3.8) is 0 Å². The third kappa shape index (κ3) is 5.35. The number of nitrogens with one attached hydrogen (secondary N) is 1. The van der Waals surface area contributed by atoms with E-state index in [-0.39, 0.29) is 0 Å². The van der Waals surface area contributed by atoms with Gasteiger partial charge in [0.1, 0.15) is 5.84 Å². The summed E-state index contributed by atoms with van der Waals surface area (Å²) in [6.07, 6.45) is 2.30. The summed E-state index contributed by atoms with van der Waals surface area (Å²) in [6, 6.07) is 0. The third-order valence-electron chi connectivity index (χ3n) is 2.26. The summed E-state index contributed by atoms with van der Waals surface area (Å²) in [7, 11) is 0. The van der Waals surface area contributed by atoms with Crippen LogP contribution >= 0.6 is 0 Å². The van der Waals surface area contributed by atoms with Gasteiger partial charge < -0.3 is 5.32 Å². The zero-order valence-corrected chi connectivity index (χ0v) is 10.4. The van der Waals surface area contributed by atoms with Crippen molar-refractivity contribution in [1.82, 2.24) is 5.32 Å². The van der Waals surface area contributed by atoms with Crippen LogP contribution in [0, 0.1) is 0 Å². The predicted octanol–water partition coefficient (Wildman–Crippen LogP) is 2.79. The van der Waals surface area contributed by atoms with E-state index in [1.54, 1.807) is 0 Å². The summed E-state index contributed by atoms with van der Waals surface area (Å²) >= 11 is 0. The van der Waals surface area contributed by atoms with E-state index in [9.17, 15) is 0 Å². The van der Waals surface area contributed by atoms with Crippen LogP contribution in [0.25, 0.3) is 0 Å². The van der Waals surface area contributed by atoms with Gasteiger partial charge in [0.05, 0.1) is 0 Å². The molecule has 0 aliphatic carbocycles. The number of hydrogen-bond acceptors (Lipinski definition) is 2. The first-order valence-electron chi connectivity index (χ1n) is 5.60. The van der Waals surface area contributed by atoms with E-state index in [1.165, 1.54) is 6.42 Å². The predicted molar refractivity (Wildman–Crippen MR) is 68.8 cm³/mol. The molecule has 0 aromatic rings. The molecule has 0 aliphatic heterocycles. The molecule has 86 valence electrons. The molecular weight excluding hydrogens is 186 g/mol. The standard InChI is InChI=1S/C12H23N3/c1-6-8-9-15-12(14-7-2)10(3)11(4)13-5/h5-9H2,1-4H3,(H,14,15)/b11-10-. The van der Waals surface area contributed by atoms with E-state index >= 15 is 0 Å². The first-order valence-corrected chi connectivity index (χ1v) is 5.60. The number of likely N-dealkylation sites (N-methyl/N-ethyl adjacent to an activating group) is 1. The van der Waals surface area contributed by atoms with Crippen molar-refractivity contribution in [3.8, 4) is 0 Å². The quantitative estimate of drug-likeness (QED) is 0.407. The summed E-state index contributed by atoms with van der Waals surface area (Å²) < 4.78 is 0. The molecular formula is C12H23N3. The van der Waals surface area contributed by atoms with Gasteiger partial charge in [-0.2, -0.15) is 0 Å². The molecule has 0 atom stereocenters. The van der Waals surface area contributed by atoms with Crippen molar-refractivity contribution in [2.75, 3.05) is 13.1 Å². The summed E-state index contributed by atoms with van der Waals surface area (Å²) in [4.78, 5) is 8.46. The Bertz CT molecular complexity index is 252. The van der Waals surface area contributed by atoms with Crippen LogP contribution in [0.15, 0.2) is 21.3 Å². The van der Waals surface area contributed by atoms with E-state index < -0.39 is 0 Å². The minimum absolute atomic E-state index is 0.876. The van der Waals surface area contributed by atoms with Gasteiger partial charge in [-0.25, -0.2) is 0 Å². The van der Waals surface area contributed by atoms with E-state index in [0.29, 0.717) is 0 Å². The largest absolute Gasteiger partial charge is 0.370 e. The van der Waals surface area contributed by atoms with Gasteiger partial charge >= 0.3 is 0 Å². The van der Waals surface area contributed by atoms with Crippen molar-refractivity contribution in [1.29, 1.82) is 0 Å². The minimum Gasteiger partial charge on any atom is -0.370 e. The Hall–Kier alpha value is -1.12. The average Bonchev–Trinajstić information content (AvgIpc) is 2.26. The van der Waals surface area contributed by atoms with Crippen LogP contribution in [0.3, 0.4) is 0 Å². The molecule has 0 aromatic carbocycles. The van der Waals surface area contributed by atoms with Crippen LogP contribution in [-0.4, -0.2) is 25.6 Å². The van der Waals surface area contributed by atoms with Crippen molar-refractivity contribution >= 4 is 12.6 Å². The second kappa shape index (κ2) is 8.21. The molecule has 3 nitrogen and oxygen atoms in total. The average molecular weight is 209 g/mol. The number of amidine groups is 1. The zero-order chi connectivity index (χ0) is 11.7. The first-order chi connectivity index (χ1) is 7.17. The molecule has 0 aromatic heterocycles. The highest BCUT2D eigenvalue weighted by molar-refractivity contribution is 5.98. The monoisotopic (exact) mass is 209 g/mol. The van der Waals surface area contributed by atoms with Crippen molar-refractivity contribution in [2.24, 2.45) is 9.98 Å². The van der Waals surface area contributed by atoms with Gasteiger partial charge in [-0.15, -0.1) is 0 Å². The lowest BCUT2D eigenvalue weighted by molar-refractivity contribution is 0.800. The second-order valence-corrected chi connectivity index (χ2v) is 3.48. The SMILES string of the molecule is C=N/C(C)=C(C)\C(=N/CCCC)NCC. The van der Waals surface area contributed by atoms with E-state index in [2.05, 4.69) is 35.9 Å². The van der Waals surface area contributed by atoms with Gasteiger partial charge in [0, 0.05) is 24.4 Å². The fraction of sp³-hybridized carbons (Fsp3) is 0.667. The van der Waals surface area contributed by atoms with Crippen molar-refractivity contribution in [2.45, 2.75) is 40.5 Å². The van der Waals surface area contributed by atoms with Crippen molar-refractivity contribution < 1.29 is 0 Å². The fourth-order valence-corrected chi connectivity index (χ4v) is 1.11. The minimum atomic E-state index is 0.876. The lowest BCUT2D eigenvalue weighted by atomic mass is 10.2. The Balaban J connectivity index is 4.64. The van der Waals surface area contributed by atoms with Crippen LogP contribution in [0.4, 0.5) is 0 Å². The number of aliphatic imine (C=N–C) groups is 2. The molecule has 0 aliphatic rings. The van der Waals surface area contributed by atoms with Crippen LogP contribution in [0.1, 0.15) is 40.5 Å². The number of allylic oxidation sites excluding steroid dienone is 1. The normalized spacial score (nSPS) is 13.5. The summed E-state index contributed by atoms with van der Waals surface area (Å²) in [5, 5.41) is 3.26. The Morgan fingerprint density at radius 3 is 2.40 bits per heavy atom. The number of rotatable bonds is 6. The molecule has 0 rings (SSSR count). The van der Waals surface area contributed by atoms with Crippen LogP contribution < -0.4 is 5.32 Å². The maximum Gasteiger partial charge on any atom is 0.125 e. The first kappa shape index (κ1) is 13.9. The lowest BCUT2D eigenvalue weighted by Gasteiger charge is -2.10. The molecule has 0 bridgehead atoms. The molecule has 0 heterocycles. The number of unbranched alkanes of at least 4 members (excludes halogenated alkanes) is 1. The lowest BCUT2D eigenvalue weighted by Crippen LogP contribution is -2.25. The van der Waals surface area contributed by atoms with Gasteiger partial charge in [0.2, 0.25) is 0 Å². The molecule has 0 amide bonds. The van der Waals surface area contributed by atoms with E-state index in [1.807, 2.05) is 13.8 Å². The smallest absolute Gasteiger partial charge is 0.125 e. The molecule has 0 saturated carbocycles. The van der Waals surface area contributed by atoms with Crippen molar-refractivity contribution in [3.05, 3.63) is 11.3 Å². The second-order valence-electron chi connectivity index (χ2n) is 3.48. The molecule has 0 fully saturated rings. The highest BCUT2D eigenvalue weighted by Crippen LogP contribution is 2.05. The van der Waals surface area contributed by atoms with Crippen LogP contribution in [0.2, 0.25) is 0 Å². The summed E-state index contributed by atoms with van der Waals surface area (Å²) in [5.41, 5.74) is 2.02.